The number of hydrogen-bond acceptors (Lipinski definition) is 3. The normalized spacial score (nSPS) is 10.9. The summed E-state index contributed by atoms with van der Waals surface area (Å²) in [5.41, 5.74) is 2.35. The SMILES string of the molecule is O=C(Cn1nc(-c2ccc(Cl)cc2Cl)c(-c2ccc(Cl)cc2Cl)n1)NCc1ccccc1F. The zero-order chi connectivity index (χ0) is 23.5. The first-order valence-corrected chi connectivity index (χ1v) is 11.2. The number of hydrogen-bond donors (Lipinski definition) is 1. The molecule has 0 radical (unpaired) electrons. The highest BCUT2D eigenvalue weighted by Gasteiger charge is 2.21. The molecule has 0 atom stereocenters. The Hall–Kier alpha value is -2.64. The van der Waals surface area contributed by atoms with Crippen LogP contribution in [0, 0.1) is 5.82 Å². The van der Waals surface area contributed by atoms with Crippen molar-refractivity contribution in [2.45, 2.75) is 13.1 Å². The van der Waals surface area contributed by atoms with Crippen LogP contribution in [0.5, 0.6) is 0 Å². The van der Waals surface area contributed by atoms with E-state index in [4.69, 9.17) is 46.4 Å². The number of rotatable bonds is 6. The highest BCUT2D eigenvalue weighted by Crippen LogP contribution is 2.38. The Labute approximate surface area is 209 Å². The molecule has 0 unspecified atom stereocenters. The number of nitrogens with one attached hydrogen (secondary N) is 1. The monoisotopic (exact) mass is 522 g/mol. The van der Waals surface area contributed by atoms with Gasteiger partial charge in [0, 0.05) is 33.3 Å². The molecule has 10 heteroatoms. The molecule has 0 saturated carbocycles. The van der Waals surface area contributed by atoms with Crippen molar-refractivity contribution < 1.29 is 9.18 Å². The van der Waals surface area contributed by atoms with Gasteiger partial charge in [-0.3, -0.25) is 4.79 Å². The standard InChI is InChI=1S/C23H15Cl4FN4O/c24-14-5-7-16(18(26)9-14)22-23(17-8-6-15(25)10-19(17)27)31-32(30-22)12-21(33)29-11-13-3-1-2-4-20(13)28/h1-10H,11-12H2,(H,29,33). The molecule has 0 aliphatic carbocycles. The zero-order valence-electron chi connectivity index (χ0n) is 16.8. The predicted octanol–water partition coefficient (Wildman–Crippen LogP) is 6.68. The van der Waals surface area contributed by atoms with Gasteiger partial charge >= 0.3 is 0 Å². The largest absolute Gasteiger partial charge is 0.350 e. The van der Waals surface area contributed by atoms with Crippen LogP contribution in [-0.4, -0.2) is 20.9 Å². The zero-order valence-corrected chi connectivity index (χ0v) is 19.9. The highest BCUT2D eigenvalue weighted by molar-refractivity contribution is 6.37. The van der Waals surface area contributed by atoms with Crippen molar-refractivity contribution in [1.29, 1.82) is 0 Å². The lowest BCUT2D eigenvalue weighted by Crippen LogP contribution is -2.28. The van der Waals surface area contributed by atoms with Crippen molar-refractivity contribution in [2.75, 3.05) is 0 Å². The minimum absolute atomic E-state index is 0.0402. The van der Waals surface area contributed by atoms with E-state index in [1.54, 1.807) is 54.6 Å². The van der Waals surface area contributed by atoms with Crippen LogP contribution in [-0.2, 0) is 17.9 Å². The van der Waals surface area contributed by atoms with Crippen LogP contribution in [0.3, 0.4) is 0 Å². The Morgan fingerprint density at radius 1 is 0.848 bits per heavy atom. The van der Waals surface area contributed by atoms with Crippen molar-refractivity contribution in [3.05, 3.63) is 92.1 Å². The summed E-state index contributed by atoms with van der Waals surface area (Å²) >= 11 is 24.9. The van der Waals surface area contributed by atoms with Crippen LogP contribution in [0.15, 0.2) is 60.7 Å². The molecule has 0 aliphatic heterocycles. The number of amides is 1. The van der Waals surface area contributed by atoms with E-state index in [1.807, 2.05) is 0 Å². The average Bonchev–Trinajstić information content (AvgIpc) is 3.16. The average molecular weight is 524 g/mol. The van der Waals surface area contributed by atoms with E-state index in [-0.39, 0.29) is 13.1 Å². The number of nitrogens with zero attached hydrogens (tertiary/aromatic N) is 3. The fourth-order valence-corrected chi connectivity index (χ4v) is 4.16. The molecule has 0 fully saturated rings. The first-order valence-electron chi connectivity index (χ1n) is 9.68. The molecular formula is C23H15Cl4FN4O. The van der Waals surface area contributed by atoms with Gasteiger partial charge in [0.05, 0.1) is 10.0 Å². The van der Waals surface area contributed by atoms with Gasteiger partial charge in [0.1, 0.15) is 23.7 Å². The van der Waals surface area contributed by atoms with Gasteiger partial charge in [0.25, 0.3) is 0 Å². The molecule has 0 bridgehead atoms. The second-order valence-corrected chi connectivity index (χ2v) is 8.73. The summed E-state index contributed by atoms with van der Waals surface area (Å²) in [7, 11) is 0. The number of carbonyl (C=O) groups excluding carboxylic acids is 1. The van der Waals surface area contributed by atoms with Crippen molar-refractivity contribution in [1.82, 2.24) is 20.3 Å². The molecule has 0 spiro atoms. The maximum Gasteiger partial charge on any atom is 0.243 e. The van der Waals surface area contributed by atoms with Gasteiger partial charge in [0.2, 0.25) is 5.91 Å². The van der Waals surface area contributed by atoms with Crippen LogP contribution in [0.2, 0.25) is 20.1 Å². The topological polar surface area (TPSA) is 59.8 Å². The Morgan fingerprint density at radius 2 is 1.39 bits per heavy atom. The molecule has 168 valence electrons. The Balaban J connectivity index is 1.66. The van der Waals surface area contributed by atoms with Crippen molar-refractivity contribution in [2.24, 2.45) is 0 Å². The Kier molecular flexibility index (Phi) is 7.20. The number of aromatic nitrogens is 3. The molecule has 5 nitrogen and oxygen atoms in total. The predicted molar refractivity (Wildman–Crippen MR) is 129 cm³/mol. The highest BCUT2D eigenvalue weighted by atomic mass is 35.5. The second kappa shape index (κ2) is 10.1. The Bertz CT molecular complexity index is 1270. The molecule has 3 aromatic carbocycles. The van der Waals surface area contributed by atoms with Crippen LogP contribution in [0.25, 0.3) is 22.5 Å². The lowest BCUT2D eigenvalue weighted by atomic mass is 10.0. The van der Waals surface area contributed by atoms with Crippen molar-refractivity contribution >= 4 is 52.3 Å². The van der Waals surface area contributed by atoms with Crippen LogP contribution >= 0.6 is 46.4 Å². The van der Waals surface area contributed by atoms with Gasteiger partial charge in [0.15, 0.2) is 0 Å². The molecule has 1 N–H and O–H groups in total. The molecule has 4 aromatic rings. The molecule has 33 heavy (non-hydrogen) atoms. The van der Waals surface area contributed by atoms with Crippen molar-refractivity contribution in [3.63, 3.8) is 0 Å². The third-order valence-corrected chi connectivity index (χ3v) is 5.84. The van der Waals surface area contributed by atoms with Crippen LogP contribution < -0.4 is 5.32 Å². The maximum absolute atomic E-state index is 13.8. The number of halogens is 5. The summed E-state index contributed by atoms with van der Waals surface area (Å²) < 4.78 is 13.8. The molecule has 1 heterocycles. The smallest absolute Gasteiger partial charge is 0.243 e. The summed E-state index contributed by atoms with van der Waals surface area (Å²) in [6.07, 6.45) is 0. The van der Waals surface area contributed by atoms with Gasteiger partial charge in [-0.15, -0.1) is 0 Å². The fraction of sp³-hybridized carbons (Fsp3) is 0.0870. The van der Waals surface area contributed by atoms with E-state index in [0.29, 0.717) is 48.2 Å². The van der Waals surface area contributed by atoms with E-state index in [0.717, 1.165) is 0 Å². The molecule has 4 rings (SSSR count). The first-order chi connectivity index (χ1) is 15.8. The van der Waals surface area contributed by atoms with E-state index >= 15 is 0 Å². The lowest BCUT2D eigenvalue weighted by molar-refractivity contribution is -0.122. The van der Waals surface area contributed by atoms with Crippen LogP contribution in [0.1, 0.15) is 5.56 Å². The molecule has 1 aromatic heterocycles. The molecule has 0 saturated heterocycles. The summed E-state index contributed by atoms with van der Waals surface area (Å²) in [4.78, 5) is 13.7. The minimum atomic E-state index is -0.394. The summed E-state index contributed by atoms with van der Waals surface area (Å²) in [5.74, 6) is -0.787. The third kappa shape index (κ3) is 5.47. The minimum Gasteiger partial charge on any atom is -0.350 e. The lowest BCUT2D eigenvalue weighted by Gasteiger charge is -2.06. The van der Waals surface area contributed by atoms with Gasteiger partial charge in [-0.05, 0) is 42.5 Å². The molecule has 1 amide bonds. The van der Waals surface area contributed by atoms with E-state index in [9.17, 15) is 9.18 Å². The molecular weight excluding hydrogens is 509 g/mol. The van der Waals surface area contributed by atoms with Gasteiger partial charge in [-0.25, -0.2) is 4.39 Å². The van der Waals surface area contributed by atoms with E-state index < -0.39 is 11.7 Å². The van der Waals surface area contributed by atoms with E-state index in [1.165, 1.54) is 10.9 Å². The summed E-state index contributed by atoms with van der Waals surface area (Å²) in [6, 6.07) is 16.2. The van der Waals surface area contributed by atoms with Crippen LogP contribution in [0.4, 0.5) is 4.39 Å². The number of carbonyl (C=O) groups is 1. The molecule has 0 aliphatic rings. The summed E-state index contributed by atoms with van der Waals surface area (Å²) in [5, 5.41) is 13.3. The maximum atomic E-state index is 13.8. The van der Waals surface area contributed by atoms with Gasteiger partial charge in [-0.2, -0.15) is 15.0 Å². The third-order valence-electron chi connectivity index (χ3n) is 4.75. The fourth-order valence-electron chi connectivity index (χ4n) is 3.16. The van der Waals surface area contributed by atoms with Gasteiger partial charge in [-0.1, -0.05) is 64.6 Å². The van der Waals surface area contributed by atoms with Gasteiger partial charge < -0.3 is 5.32 Å². The quantitative estimate of drug-likeness (QED) is 0.306. The second-order valence-electron chi connectivity index (χ2n) is 7.04. The Morgan fingerprint density at radius 3 is 1.91 bits per heavy atom. The van der Waals surface area contributed by atoms with Crippen molar-refractivity contribution in [3.8, 4) is 22.5 Å². The summed E-state index contributed by atoms with van der Waals surface area (Å²) in [6.45, 7) is -0.156. The first kappa shape index (κ1) is 23.5. The number of benzene rings is 3. The van der Waals surface area contributed by atoms with E-state index in [2.05, 4.69) is 15.5 Å².